The van der Waals surface area contributed by atoms with E-state index >= 15 is 0 Å². The number of sulfonamides is 1. The second kappa shape index (κ2) is 3.55. The van der Waals surface area contributed by atoms with E-state index in [9.17, 15) is 8.42 Å². The van der Waals surface area contributed by atoms with Gasteiger partial charge in [0.1, 0.15) is 0 Å². The average molecular weight is 241 g/mol. The Hall–Kier alpha value is -0.910. The Morgan fingerprint density at radius 2 is 1.75 bits per heavy atom. The largest absolute Gasteiger partial charge is 0.254 e. The Morgan fingerprint density at radius 1 is 1.19 bits per heavy atom. The van der Waals surface area contributed by atoms with Crippen molar-refractivity contribution in [2.45, 2.75) is 31.7 Å². The summed E-state index contributed by atoms with van der Waals surface area (Å²) in [5.74, 6) is 0. The summed E-state index contributed by atoms with van der Waals surface area (Å²) in [5, 5.41) is 0. The van der Waals surface area contributed by atoms with Crippen LogP contribution in [0.15, 0.2) is 30.3 Å². The number of rotatable bonds is 2. The van der Waals surface area contributed by atoms with Gasteiger partial charge in [0.2, 0.25) is 10.0 Å². The van der Waals surface area contributed by atoms with Gasteiger partial charge in [-0.15, -0.1) is 0 Å². The lowest BCUT2D eigenvalue weighted by atomic mass is 10.2. The van der Waals surface area contributed by atoms with E-state index in [4.69, 9.17) is 4.84 Å². The fourth-order valence-electron chi connectivity index (χ4n) is 1.32. The molecule has 0 N–H and O–H groups in total. The first kappa shape index (κ1) is 11.6. The lowest BCUT2D eigenvalue weighted by Gasteiger charge is -2.17. The molecule has 0 aliphatic carbocycles. The van der Waals surface area contributed by atoms with Crippen LogP contribution in [0.5, 0.6) is 0 Å². The molecule has 0 spiro atoms. The van der Waals surface area contributed by atoms with Crippen molar-refractivity contribution in [3.8, 4) is 0 Å². The molecule has 2 atom stereocenters. The molecule has 4 nitrogen and oxygen atoms in total. The minimum atomic E-state index is -3.39. The van der Waals surface area contributed by atoms with E-state index in [1.165, 1.54) is 0 Å². The van der Waals surface area contributed by atoms with Crippen LogP contribution in [-0.2, 0) is 14.9 Å². The Kier molecular flexibility index (Phi) is 2.57. The van der Waals surface area contributed by atoms with Crippen LogP contribution < -0.4 is 0 Å². The summed E-state index contributed by atoms with van der Waals surface area (Å²) in [6, 6.07) is 9.30. The summed E-state index contributed by atoms with van der Waals surface area (Å²) in [6.45, 7) is 4.98. The zero-order valence-corrected chi connectivity index (χ0v) is 10.4. The van der Waals surface area contributed by atoms with Gasteiger partial charge in [-0.25, -0.2) is 8.42 Å². The average Bonchev–Trinajstić information content (AvgIpc) is 2.97. The summed E-state index contributed by atoms with van der Waals surface area (Å²) >= 11 is 0. The van der Waals surface area contributed by atoms with Gasteiger partial charge in [0.05, 0.1) is 4.75 Å². The van der Waals surface area contributed by atoms with E-state index in [-0.39, 0.29) is 0 Å². The van der Waals surface area contributed by atoms with Crippen molar-refractivity contribution in [1.29, 1.82) is 0 Å². The summed E-state index contributed by atoms with van der Waals surface area (Å²) in [7, 11) is -3.39. The molecule has 1 saturated heterocycles. The maximum Gasteiger partial charge on any atom is 0.243 e. The highest BCUT2D eigenvalue weighted by Gasteiger charge is 2.52. The van der Waals surface area contributed by atoms with Crippen molar-refractivity contribution in [1.82, 2.24) is 4.47 Å². The molecule has 16 heavy (non-hydrogen) atoms. The van der Waals surface area contributed by atoms with Gasteiger partial charge in [0, 0.05) is 5.56 Å². The van der Waals surface area contributed by atoms with Crippen molar-refractivity contribution in [2.75, 3.05) is 0 Å². The first-order valence-corrected chi connectivity index (χ1v) is 6.54. The predicted molar refractivity (Wildman–Crippen MR) is 60.8 cm³/mol. The van der Waals surface area contributed by atoms with Crippen LogP contribution in [0.3, 0.4) is 0 Å². The zero-order valence-electron chi connectivity index (χ0n) is 9.54. The fourth-order valence-corrected chi connectivity index (χ4v) is 2.43. The van der Waals surface area contributed by atoms with Crippen LogP contribution in [-0.4, -0.2) is 17.6 Å². The first-order chi connectivity index (χ1) is 7.34. The van der Waals surface area contributed by atoms with Crippen molar-refractivity contribution < 1.29 is 13.3 Å². The Balaban J connectivity index is 2.20. The molecular weight excluding hydrogens is 226 g/mol. The number of hydroxylamine groups is 1. The molecule has 2 rings (SSSR count). The summed E-state index contributed by atoms with van der Waals surface area (Å²) in [4.78, 5) is 5.14. The molecule has 0 saturated carbocycles. The highest BCUT2D eigenvalue weighted by molar-refractivity contribution is 7.90. The summed E-state index contributed by atoms with van der Waals surface area (Å²) in [5.41, 5.74) is 0.857. The van der Waals surface area contributed by atoms with Gasteiger partial charge in [-0.1, -0.05) is 30.3 Å². The molecule has 1 aromatic rings. The van der Waals surface area contributed by atoms with E-state index in [2.05, 4.69) is 0 Å². The monoisotopic (exact) mass is 241 g/mol. The van der Waals surface area contributed by atoms with Crippen LogP contribution in [0.2, 0.25) is 0 Å². The SMILES string of the molecule is CC(C)(C)S(=O)(=O)N1OC1c1ccccc1. The third-order valence-electron chi connectivity index (χ3n) is 2.45. The molecule has 0 aromatic heterocycles. The molecule has 0 bridgehead atoms. The van der Waals surface area contributed by atoms with Crippen molar-refractivity contribution in [3.63, 3.8) is 0 Å². The Morgan fingerprint density at radius 3 is 2.25 bits per heavy atom. The van der Waals surface area contributed by atoms with Crippen LogP contribution in [0.25, 0.3) is 0 Å². The van der Waals surface area contributed by atoms with Gasteiger partial charge >= 0.3 is 0 Å². The van der Waals surface area contributed by atoms with Crippen molar-refractivity contribution in [3.05, 3.63) is 35.9 Å². The second-order valence-corrected chi connectivity index (χ2v) is 7.28. The normalized spacial score (nSPS) is 25.4. The Labute approximate surface area is 95.8 Å². The number of hydrogen-bond donors (Lipinski definition) is 0. The highest BCUT2D eigenvalue weighted by Crippen LogP contribution is 2.43. The zero-order chi connectivity index (χ0) is 12.0. The van der Waals surface area contributed by atoms with Gasteiger partial charge in [-0.05, 0) is 25.2 Å². The summed E-state index contributed by atoms with van der Waals surface area (Å²) in [6.07, 6.45) is -0.453. The topological polar surface area (TPSA) is 49.7 Å². The number of benzene rings is 1. The van der Waals surface area contributed by atoms with E-state index < -0.39 is 21.0 Å². The molecule has 2 unspecified atom stereocenters. The molecule has 5 heteroatoms. The molecule has 0 radical (unpaired) electrons. The minimum Gasteiger partial charge on any atom is -0.254 e. The first-order valence-electron chi connectivity index (χ1n) is 5.10. The molecule has 1 aliphatic heterocycles. The molecular formula is C11H15NO3S. The van der Waals surface area contributed by atoms with Gasteiger partial charge in [0.15, 0.2) is 6.23 Å². The standard InChI is InChI=1S/C11H15NO3S/c1-11(2,3)16(13,14)12-10(15-12)9-7-5-4-6-8-9/h4-8,10H,1-3H3. The van der Waals surface area contributed by atoms with E-state index in [0.29, 0.717) is 0 Å². The van der Waals surface area contributed by atoms with Crippen LogP contribution in [0.4, 0.5) is 0 Å². The lowest BCUT2D eigenvalue weighted by Crippen LogP contribution is -2.33. The second-order valence-electron chi connectivity index (χ2n) is 4.74. The third kappa shape index (κ3) is 1.86. The van der Waals surface area contributed by atoms with Crippen LogP contribution in [0, 0.1) is 0 Å². The predicted octanol–water partition coefficient (Wildman–Crippen LogP) is 2.06. The lowest BCUT2D eigenvalue weighted by molar-refractivity contribution is 0.278. The van der Waals surface area contributed by atoms with Gasteiger partial charge in [0.25, 0.3) is 0 Å². The minimum absolute atomic E-state index is 0.453. The van der Waals surface area contributed by atoms with E-state index in [1.54, 1.807) is 20.8 Å². The number of nitrogens with zero attached hydrogens (tertiary/aromatic N) is 1. The van der Waals surface area contributed by atoms with Crippen LogP contribution in [0.1, 0.15) is 32.6 Å². The quantitative estimate of drug-likeness (QED) is 0.745. The third-order valence-corrected chi connectivity index (χ3v) is 4.74. The highest BCUT2D eigenvalue weighted by atomic mass is 32.2. The number of hydrogen-bond acceptors (Lipinski definition) is 3. The van der Waals surface area contributed by atoms with Gasteiger partial charge in [-0.3, -0.25) is 4.84 Å². The Bertz CT molecular complexity index is 476. The maximum atomic E-state index is 12.0. The van der Waals surface area contributed by atoms with Gasteiger partial charge < -0.3 is 0 Å². The fraction of sp³-hybridized carbons (Fsp3) is 0.455. The molecule has 1 aliphatic rings. The molecule has 88 valence electrons. The molecule has 0 amide bonds. The van der Waals surface area contributed by atoms with Crippen LogP contribution >= 0.6 is 0 Å². The van der Waals surface area contributed by atoms with Crippen molar-refractivity contribution >= 4 is 10.0 Å². The van der Waals surface area contributed by atoms with E-state index in [0.717, 1.165) is 10.0 Å². The van der Waals surface area contributed by atoms with E-state index in [1.807, 2.05) is 30.3 Å². The van der Waals surface area contributed by atoms with Crippen molar-refractivity contribution in [2.24, 2.45) is 0 Å². The summed E-state index contributed by atoms with van der Waals surface area (Å²) < 4.78 is 24.2. The maximum absolute atomic E-state index is 12.0. The smallest absolute Gasteiger partial charge is 0.243 e. The molecule has 1 heterocycles. The molecule has 1 fully saturated rings. The van der Waals surface area contributed by atoms with Gasteiger partial charge in [-0.2, -0.15) is 0 Å². The molecule has 1 aromatic carbocycles.